The molecule has 2 aliphatic rings. The van der Waals surface area contributed by atoms with Gasteiger partial charge in [0.15, 0.2) is 5.11 Å². The summed E-state index contributed by atoms with van der Waals surface area (Å²) >= 11 is 5.06. The Morgan fingerprint density at radius 1 is 1.14 bits per heavy atom. The van der Waals surface area contributed by atoms with Gasteiger partial charge in [-0.05, 0) is 49.0 Å². The molecule has 1 atom stereocenters. The zero-order valence-corrected chi connectivity index (χ0v) is 23.0. The van der Waals surface area contributed by atoms with Crippen LogP contribution in [0.1, 0.15) is 40.4 Å². The van der Waals surface area contributed by atoms with Gasteiger partial charge in [0.1, 0.15) is 19.0 Å². The Labute approximate surface area is 243 Å². The molecule has 42 heavy (non-hydrogen) atoms. The Balaban J connectivity index is 1.26. The van der Waals surface area contributed by atoms with E-state index < -0.39 is 35.8 Å². The molecule has 12 heteroatoms. The lowest BCUT2D eigenvalue weighted by atomic mass is 9.85. The number of benzene rings is 2. The summed E-state index contributed by atoms with van der Waals surface area (Å²) in [5, 5.41) is 5.51. The van der Waals surface area contributed by atoms with Crippen molar-refractivity contribution in [2.75, 3.05) is 6.54 Å². The van der Waals surface area contributed by atoms with Gasteiger partial charge in [0.05, 0.1) is 34.6 Å². The fourth-order valence-corrected chi connectivity index (χ4v) is 5.49. The topological polar surface area (TPSA) is 129 Å². The molecular formula is C30H23FN4O6S. The van der Waals surface area contributed by atoms with Crippen molar-refractivity contribution >= 4 is 46.1 Å². The van der Waals surface area contributed by atoms with Gasteiger partial charge in [-0.15, -0.1) is 0 Å². The van der Waals surface area contributed by atoms with Gasteiger partial charge in [-0.3, -0.25) is 19.7 Å². The third-order valence-corrected chi connectivity index (χ3v) is 7.66. The third kappa shape index (κ3) is 4.49. The van der Waals surface area contributed by atoms with Crippen molar-refractivity contribution in [3.05, 3.63) is 99.1 Å². The molecule has 6 rings (SSSR count). The number of carbonyl (C=O) groups is 3. The van der Waals surface area contributed by atoms with E-state index in [0.29, 0.717) is 17.9 Å². The molecule has 2 aromatic heterocycles. The number of ether oxygens (including phenoxy) is 2. The number of rotatable bonds is 5. The van der Waals surface area contributed by atoms with E-state index in [2.05, 4.69) is 10.6 Å². The molecule has 0 spiro atoms. The number of pyridine rings is 2. The van der Waals surface area contributed by atoms with Gasteiger partial charge in [0.25, 0.3) is 11.5 Å². The summed E-state index contributed by atoms with van der Waals surface area (Å²) in [6.45, 7) is 1.16. The number of hydrogen-bond donors (Lipinski definition) is 2. The monoisotopic (exact) mass is 586 g/mol. The van der Waals surface area contributed by atoms with Crippen molar-refractivity contribution in [2.24, 2.45) is 0 Å². The molecule has 2 N–H and O–H groups in total. The van der Waals surface area contributed by atoms with Gasteiger partial charge >= 0.3 is 11.9 Å². The number of amides is 1. The first-order chi connectivity index (χ1) is 20.2. The van der Waals surface area contributed by atoms with Crippen LogP contribution in [0.25, 0.3) is 22.3 Å². The van der Waals surface area contributed by atoms with Crippen LogP contribution in [-0.4, -0.2) is 39.1 Å². The van der Waals surface area contributed by atoms with Crippen molar-refractivity contribution in [3.63, 3.8) is 0 Å². The molecule has 4 heterocycles. The number of thiocarbonyl (C=S) groups is 1. The van der Waals surface area contributed by atoms with Crippen LogP contribution in [0, 0.1) is 5.82 Å². The van der Waals surface area contributed by atoms with Crippen molar-refractivity contribution in [2.45, 2.75) is 32.1 Å². The highest BCUT2D eigenvalue weighted by Gasteiger charge is 2.50. The molecule has 10 nitrogen and oxygen atoms in total. The third-order valence-electron chi connectivity index (χ3n) is 7.41. The van der Waals surface area contributed by atoms with E-state index in [4.69, 9.17) is 26.7 Å². The Kier molecular flexibility index (Phi) is 6.77. The van der Waals surface area contributed by atoms with Crippen LogP contribution in [0.3, 0.4) is 0 Å². The van der Waals surface area contributed by atoms with Gasteiger partial charge in [-0.25, -0.2) is 14.2 Å². The zero-order chi connectivity index (χ0) is 29.6. The number of carbonyl (C=O) groups excluding carboxylic acids is 3. The number of cyclic esters (lactones) is 1. The molecule has 1 amide bonds. The maximum Gasteiger partial charge on any atom is 0.355 e. The standard InChI is InChI=1S/C30H23FN4O6S/c1-2-30(41-24(36)13-32-29(42)34-26(37)18-8-4-5-9-21(18)31)20-12-23-25-17(11-16-7-3-6-10-22(16)33-25)14-35(23)27(38)19(20)15-40-28(30)39/h3-12H,2,13-15H2,1H3,(H2,32,34,37,42)/t30-/m0/s1. The second-order valence-corrected chi connectivity index (χ2v) is 10.3. The van der Waals surface area contributed by atoms with E-state index in [1.54, 1.807) is 17.6 Å². The van der Waals surface area contributed by atoms with Crippen LogP contribution in [0.4, 0.5) is 4.39 Å². The molecule has 212 valence electrons. The summed E-state index contributed by atoms with van der Waals surface area (Å²) in [7, 11) is 0. The lowest BCUT2D eigenvalue weighted by Crippen LogP contribution is -2.49. The van der Waals surface area contributed by atoms with Gasteiger partial charge < -0.3 is 19.4 Å². The molecule has 0 bridgehead atoms. The molecular weight excluding hydrogens is 563 g/mol. The van der Waals surface area contributed by atoms with Crippen LogP contribution in [-0.2, 0) is 37.8 Å². The largest absolute Gasteiger partial charge is 0.457 e. The number of nitrogens with zero attached hydrogens (tertiary/aromatic N) is 2. The van der Waals surface area contributed by atoms with Crippen molar-refractivity contribution in [1.29, 1.82) is 0 Å². The van der Waals surface area contributed by atoms with E-state index in [0.717, 1.165) is 22.5 Å². The Bertz CT molecular complexity index is 1890. The summed E-state index contributed by atoms with van der Waals surface area (Å²) in [5.41, 5.74) is 0.717. The zero-order valence-electron chi connectivity index (χ0n) is 22.2. The first-order valence-corrected chi connectivity index (χ1v) is 13.5. The minimum Gasteiger partial charge on any atom is -0.457 e. The molecule has 2 aliphatic heterocycles. The van der Waals surface area contributed by atoms with Gasteiger partial charge in [0.2, 0.25) is 5.60 Å². The molecule has 2 aromatic carbocycles. The highest BCUT2D eigenvalue weighted by atomic mass is 32.1. The number of nitrogens with one attached hydrogen (secondary N) is 2. The fraction of sp³-hybridized carbons (Fsp3) is 0.200. The number of halogens is 1. The lowest BCUT2D eigenvalue weighted by molar-refractivity contribution is -0.188. The average molecular weight is 587 g/mol. The highest BCUT2D eigenvalue weighted by molar-refractivity contribution is 7.80. The van der Waals surface area contributed by atoms with Crippen LogP contribution in [0.15, 0.2) is 65.5 Å². The van der Waals surface area contributed by atoms with E-state index in [1.165, 1.54) is 18.2 Å². The normalized spacial score (nSPS) is 16.6. The Hall–Kier alpha value is -4.97. The number of hydrogen-bond acceptors (Lipinski definition) is 8. The first kappa shape index (κ1) is 27.2. The molecule has 0 saturated heterocycles. The molecule has 0 saturated carbocycles. The molecule has 0 unspecified atom stereocenters. The molecule has 0 aliphatic carbocycles. The second kappa shape index (κ2) is 10.5. The molecule has 4 aromatic rings. The van der Waals surface area contributed by atoms with E-state index in [1.807, 2.05) is 30.3 Å². The summed E-state index contributed by atoms with van der Waals surface area (Å²) in [4.78, 5) is 56.9. The van der Waals surface area contributed by atoms with Gasteiger partial charge in [-0.2, -0.15) is 0 Å². The van der Waals surface area contributed by atoms with Crippen molar-refractivity contribution < 1.29 is 28.2 Å². The Morgan fingerprint density at radius 2 is 1.90 bits per heavy atom. The summed E-state index contributed by atoms with van der Waals surface area (Å²) < 4.78 is 26.5. The molecule has 0 fully saturated rings. The fourth-order valence-electron chi connectivity index (χ4n) is 5.33. The van der Waals surface area contributed by atoms with Gasteiger partial charge in [0, 0.05) is 16.5 Å². The van der Waals surface area contributed by atoms with E-state index in [-0.39, 0.29) is 40.4 Å². The van der Waals surface area contributed by atoms with Gasteiger partial charge in [-0.1, -0.05) is 37.3 Å². The minimum atomic E-state index is -1.89. The van der Waals surface area contributed by atoms with Crippen LogP contribution in [0.5, 0.6) is 0 Å². The highest BCUT2D eigenvalue weighted by Crippen LogP contribution is 2.40. The van der Waals surface area contributed by atoms with Crippen molar-refractivity contribution in [1.82, 2.24) is 20.2 Å². The smallest absolute Gasteiger partial charge is 0.355 e. The van der Waals surface area contributed by atoms with Crippen LogP contribution < -0.4 is 16.2 Å². The number of esters is 2. The SMILES string of the molecule is CC[C@@]1(OC(=O)CNC(=S)NC(=O)c2ccccc2F)C(=O)OCc2c1cc1n(c2=O)Cc2cc3ccccc3nc2-1. The number of fused-ring (bicyclic) bond motifs is 5. The lowest BCUT2D eigenvalue weighted by Gasteiger charge is -2.35. The van der Waals surface area contributed by atoms with Crippen LogP contribution in [0.2, 0.25) is 0 Å². The average Bonchev–Trinajstić information content (AvgIpc) is 3.34. The van der Waals surface area contributed by atoms with Crippen LogP contribution >= 0.6 is 12.2 Å². The predicted molar refractivity (Wildman–Crippen MR) is 153 cm³/mol. The first-order valence-electron chi connectivity index (χ1n) is 13.1. The minimum absolute atomic E-state index is 0.0139. The van der Waals surface area contributed by atoms with E-state index in [9.17, 15) is 23.6 Å². The number of para-hydroxylation sites is 1. The second-order valence-electron chi connectivity index (χ2n) is 9.85. The quantitative estimate of drug-likeness (QED) is 0.236. The van der Waals surface area contributed by atoms with E-state index >= 15 is 0 Å². The summed E-state index contributed by atoms with van der Waals surface area (Å²) in [6.07, 6.45) is -0.0139. The van der Waals surface area contributed by atoms with Crippen molar-refractivity contribution in [3.8, 4) is 11.4 Å². The maximum atomic E-state index is 13.9. The number of aromatic nitrogens is 2. The predicted octanol–water partition coefficient (Wildman–Crippen LogP) is 3.07. The molecule has 0 radical (unpaired) electrons. The summed E-state index contributed by atoms with van der Waals surface area (Å²) in [6, 6.07) is 16.6. The summed E-state index contributed by atoms with van der Waals surface area (Å²) in [5.74, 6) is -3.24. The maximum absolute atomic E-state index is 13.9. The Morgan fingerprint density at radius 3 is 2.69 bits per heavy atom.